The predicted octanol–water partition coefficient (Wildman–Crippen LogP) is 1.31. The average molecular weight is 256 g/mol. The lowest BCUT2D eigenvalue weighted by Gasteiger charge is -2.15. The zero-order chi connectivity index (χ0) is 12.3. The van der Waals surface area contributed by atoms with Crippen LogP contribution in [-0.4, -0.2) is 41.7 Å². The SMILES string of the molecule is O=C(COc1ccc(Cl)cc1)N1CCC(O)C1. The first-order valence-corrected chi connectivity index (χ1v) is 5.87. The minimum Gasteiger partial charge on any atom is -0.484 e. The number of aliphatic hydroxyl groups is 1. The molecule has 1 aliphatic rings. The topological polar surface area (TPSA) is 49.8 Å². The van der Waals surface area contributed by atoms with Gasteiger partial charge in [-0.25, -0.2) is 0 Å². The van der Waals surface area contributed by atoms with Gasteiger partial charge in [0.25, 0.3) is 5.91 Å². The molecule has 1 atom stereocenters. The molecule has 0 bridgehead atoms. The minimum atomic E-state index is -0.394. The molecule has 1 aliphatic heterocycles. The first kappa shape index (κ1) is 12.2. The number of hydrogen-bond donors (Lipinski definition) is 1. The Balaban J connectivity index is 1.82. The van der Waals surface area contributed by atoms with Crippen LogP contribution in [0.5, 0.6) is 5.75 Å². The molecular weight excluding hydrogens is 242 g/mol. The van der Waals surface area contributed by atoms with E-state index in [1.807, 2.05) is 0 Å². The fourth-order valence-electron chi connectivity index (χ4n) is 1.74. The van der Waals surface area contributed by atoms with E-state index in [4.69, 9.17) is 16.3 Å². The van der Waals surface area contributed by atoms with Crippen LogP contribution in [0.15, 0.2) is 24.3 Å². The maximum absolute atomic E-state index is 11.7. The largest absolute Gasteiger partial charge is 0.484 e. The van der Waals surface area contributed by atoms with Crippen molar-refractivity contribution in [2.24, 2.45) is 0 Å². The van der Waals surface area contributed by atoms with Crippen LogP contribution >= 0.6 is 11.6 Å². The third kappa shape index (κ3) is 3.35. The molecule has 4 nitrogen and oxygen atoms in total. The van der Waals surface area contributed by atoms with Crippen molar-refractivity contribution in [3.63, 3.8) is 0 Å². The van der Waals surface area contributed by atoms with Gasteiger partial charge in [0.2, 0.25) is 0 Å². The van der Waals surface area contributed by atoms with Crippen LogP contribution in [0.1, 0.15) is 6.42 Å². The van der Waals surface area contributed by atoms with E-state index < -0.39 is 6.10 Å². The van der Waals surface area contributed by atoms with Crippen molar-refractivity contribution in [3.05, 3.63) is 29.3 Å². The van der Waals surface area contributed by atoms with Gasteiger partial charge in [-0.15, -0.1) is 0 Å². The van der Waals surface area contributed by atoms with Crippen molar-refractivity contribution in [1.82, 2.24) is 4.90 Å². The Kier molecular flexibility index (Phi) is 3.86. The van der Waals surface area contributed by atoms with Gasteiger partial charge in [0.05, 0.1) is 6.10 Å². The molecule has 1 aromatic carbocycles. The van der Waals surface area contributed by atoms with Crippen LogP contribution in [-0.2, 0) is 4.79 Å². The highest BCUT2D eigenvalue weighted by atomic mass is 35.5. The maximum Gasteiger partial charge on any atom is 0.260 e. The molecule has 92 valence electrons. The molecule has 2 rings (SSSR count). The molecule has 0 saturated carbocycles. The van der Waals surface area contributed by atoms with Gasteiger partial charge in [-0.2, -0.15) is 0 Å². The monoisotopic (exact) mass is 255 g/mol. The van der Waals surface area contributed by atoms with E-state index in [9.17, 15) is 9.90 Å². The minimum absolute atomic E-state index is 0.00560. The Morgan fingerprint density at radius 3 is 2.76 bits per heavy atom. The Morgan fingerprint density at radius 2 is 2.18 bits per heavy atom. The zero-order valence-corrected chi connectivity index (χ0v) is 10.1. The second-order valence-corrected chi connectivity index (χ2v) is 4.46. The highest BCUT2D eigenvalue weighted by molar-refractivity contribution is 6.30. The smallest absolute Gasteiger partial charge is 0.260 e. The molecule has 17 heavy (non-hydrogen) atoms. The van der Waals surface area contributed by atoms with Crippen molar-refractivity contribution in [2.75, 3.05) is 19.7 Å². The summed E-state index contributed by atoms with van der Waals surface area (Å²) in [6.45, 7) is 1.00. The van der Waals surface area contributed by atoms with Gasteiger partial charge in [-0.05, 0) is 30.7 Å². The summed E-state index contributed by atoms with van der Waals surface area (Å²) in [5, 5.41) is 9.95. The van der Waals surface area contributed by atoms with E-state index in [1.54, 1.807) is 29.2 Å². The van der Waals surface area contributed by atoms with Crippen LogP contribution in [0.3, 0.4) is 0 Å². The van der Waals surface area contributed by atoms with Crippen LogP contribution < -0.4 is 4.74 Å². The maximum atomic E-state index is 11.7. The molecule has 1 amide bonds. The Morgan fingerprint density at radius 1 is 1.47 bits per heavy atom. The summed E-state index contributed by atoms with van der Waals surface area (Å²) in [6.07, 6.45) is 0.252. The lowest BCUT2D eigenvalue weighted by atomic mass is 10.3. The molecular formula is C12H14ClNO3. The molecule has 1 saturated heterocycles. The lowest BCUT2D eigenvalue weighted by Crippen LogP contribution is -2.33. The second kappa shape index (κ2) is 5.38. The highest BCUT2D eigenvalue weighted by Crippen LogP contribution is 2.16. The number of aliphatic hydroxyl groups excluding tert-OH is 1. The molecule has 0 spiro atoms. The molecule has 1 fully saturated rings. The van der Waals surface area contributed by atoms with Gasteiger partial charge >= 0.3 is 0 Å². The molecule has 0 aliphatic carbocycles. The third-order valence-electron chi connectivity index (χ3n) is 2.69. The molecule has 1 unspecified atom stereocenters. The van der Waals surface area contributed by atoms with Gasteiger partial charge in [0.1, 0.15) is 5.75 Å². The molecule has 0 aromatic heterocycles. The number of amides is 1. The number of ether oxygens (including phenoxy) is 1. The normalized spacial score (nSPS) is 19.4. The van der Waals surface area contributed by atoms with Gasteiger partial charge in [0.15, 0.2) is 6.61 Å². The number of nitrogens with zero attached hydrogens (tertiary/aromatic N) is 1. The fourth-order valence-corrected chi connectivity index (χ4v) is 1.86. The van der Waals surface area contributed by atoms with Gasteiger partial charge < -0.3 is 14.7 Å². The summed E-state index contributed by atoms with van der Waals surface area (Å²) < 4.78 is 5.34. The number of carbonyl (C=O) groups is 1. The van der Waals surface area contributed by atoms with Crippen molar-refractivity contribution < 1.29 is 14.6 Å². The zero-order valence-electron chi connectivity index (χ0n) is 9.30. The van der Waals surface area contributed by atoms with E-state index in [0.29, 0.717) is 30.3 Å². The van der Waals surface area contributed by atoms with E-state index in [0.717, 1.165) is 0 Å². The van der Waals surface area contributed by atoms with Gasteiger partial charge in [0, 0.05) is 18.1 Å². The summed E-state index contributed by atoms with van der Waals surface area (Å²) >= 11 is 5.74. The van der Waals surface area contributed by atoms with Crippen LogP contribution in [0.25, 0.3) is 0 Å². The van der Waals surface area contributed by atoms with Crippen molar-refractivity contribution in [1.29, 1.82) is 0 Å². The van der Waals surface area contributed by atoms with E-state index in [1.165, 1.54) is 0 Å². The van der Waals surface area contributed by atoms with Crippen molar-refractivity contribution in [2.45, 2.75) is 12.5 Å². The van der Waals surface area contributed by atoms with Crippen LogP contribution in [0.2, 0.25) is 5.02 Å². The molecule has 5 heteroatoms. The Bertz CT molecular complexity index is 393. The predicted molar refractivity (Wildman–Crippen MR) is 64.2 cm³/mol. The first-order chi connectivity index (χ1) is 8.15. The number of β-amino-alcohol motifs (C(OH)–C–C–N with tert-alkyl or cyclic N) is 1. The first-order valence-electron chi connectivity index (χ1n) is 5.49. The van der Waals surface area contributed by atoms with Crippen molar-refractivity contribution in [3.8, 4) is 5.75 Å². The van der Waals surface area contributed by atoms with Gasteiger partial charge in [-0.3, -0.25) is 4.79 Å². The van der Waals surface area contributed by atoms with E-state index in [-0.39, 0.29) is 12.5 Å². The lowest BCUT2D eigenvalue weighted by molar-refractivity contribution is -0.132. The van der Waals surface area contributed by atoms with E-state index in [2.05, 4.69) is 0 Å². The third-order valence-corrected chi connectivity index (χ3v) is 2.94. The number of likely N-dealkylation sites (tertiary alicyclic amines) is 1. The molecule has 1 heterocycles. The van der Waals surface area contributed by atoms with Crippen molar-refractivity contribution >= 4 is 17.5 Å². The van der Waals surface area contributed by atoms with E-state index >= 15 is 0 Å². The Labute approximate surface area is 105 Å². The van der Waals surface area contributed by atoms with Crippen LogP contribution in [0, 0.1) is 0 Å². The molecule has 1 aromatic rings. The second-order valence-electron chi connectivity index (χ2n) is 4.02. The summed E-state index contributed by atoms with van der Waals surface area (Å²) in [6, 6.07) is 6.85. The summed E-state index contributed by atoms with van der Waals surface area (Å²) in [7, 11) is 0. The van der Waals surface area contributed by atoms with Gasteiger partial charge in [-0.1, -0.05) is 11.6 Å². The number of rotatable bonds is 3. The number of halogens is 1. The Hall–Kier alpha value is -1.26. The number of hydrogen-bond acceptors (Lipinski definition) is 3. The summed E-state index contributed by atoms with van der Waals surface area (Å²) in [4.78, 5) is 13.3. The van der Waals surface area contributed by atoms with Crippen LogP contribution in [0.4, 0.5) is 0 Å². The summed E-state index contributed by atoms with van der Waals surface area (Å²) in [5.41, 5.74) is 0. The highest BCUT2D eigenvalue weighted by Gasteiger charge is 2.24. The summed E-state index contributed by atoms with van der Waals surface area (Å²) in [5.74, 6) is 0.513. The number of benzene rings is 1. The fraction of sp³-hybridized carbons (Fsp3) is 0.417. The molecule has 0 radical (unpaired) electrons. The number of carbonyl (C=O) groups excluding carboxylic acids is 1. The standard InChI is InChI=1S/C12H14ClNO3/c13-9-1-3-11(4-2-9)17-8-12(16)14-6-5-10(15)7-14/h1-4,10,15H,5-8H2. The molecule has 1 N–H and O–H groups in total. The average Bonchev–Trinajstić information content (AvgIpc) is 2.75. The quantitative estimate of drug-likeness (QED) is 0.886.